The maximum Gasteiger partial charge on any atom is 0.329 e. The fourth-order valence-electron chi connectivity index (χ4n) is 5.40. The van der Waals surface area contributed by atoms with E-state index in [0.29, 0.717) is 15.7 Å². The van der Waals surface area contributed by atoms with E-state index in [9.17, 15) is 18.0 Å². The van der Waals surface area contributed by atoms with Gasteiger partial charge in [0, 0.05) is 59.5 Å². The van der Waals surface area contributed by atoms with E-state index in [1.54, 1.807) is 36.2 Å². The van der Waals surface area contributed by atoms with Crippen molar-refractivity contribution in [3.05, 3.63) is 87.5 Å². The Balaban J connectivity index is 1.38. The zero-order valence-corrected chi connectivity index (χ0v) is 26.1. The normalized spacial score (nSPS) is 19.4. The van der Waals surface area contributed by atoms with Gasteiger partial charge in [0.05, 0.1) is 11.9 Å². The zero-order valence-electron chi connectivity index (χ0n) is 22.2. The Bertz CT molecular complexity index is 1770. The van der Waals surface area contributed by atoms with E-state index < -0.39 is 15.6 Å². The Morgan fingerprint density at radius 3 is 2.33 bits per heavy atom. The Kier molecular flexibility index (Phi) is 7.42. The van der Waals surface area contributed by atoms with Crippen molar-refractivity contribution in [1.82, 2.24) is 28.3 Å². The minimum atomic E-state index is -4.12. The lowest BCUT2D eigenvalue weighted by Gasteiger charge is -2.34. The summed E-state index contributed by atoms with van der Waals surface area (Å²) in [6.45, 7) is 2.25. The molecule has 0 bridgehead atoms. The number of carbonyl (C=O) groups is 2. The summed E-state index contributed by atoms with van der Waals surface area (Å²) in [7, 11) is -4.12. The molecule has 1 fully saturated rings. The third-order valence-corrected chi connectivity index (χ3v) is 10.3. The molecule has 0 radical (unpaired) electrons. The molecule has 2 aromatic carbocycles. The number of hydrogen-bond donors (Lipinski definition) is 0. The molecular formula is C27H24BrCl2N7O4S. The summed E-state index contributed by atoms with van der Waals surface area (Å²) in [5.74, 6) is -0.232. The predicted octanol–water partition coefficient (Wildman–Crippen LogP) is 4.76. The quantitative estimate of drug-likeness (QED) is 0.298. The van der Waals surface area contributed by atoms with E-state index in [-0.39, 0.29) is 55.5 Å². The average Bonchev–Trinajstić information content (AvgIpc) is 3.69. The van der Waals surface area contributed by atoms with Crippen molar-refractivity contribution in [2.75, 3.05) is 31.1 Å². The van der Waals surface area contributed by atoms with Crippen molar-refractivity contribution in [3.63, 3.8) is 0 Å². The van der Waals surface area contributed by atoms with Gasteiger partial charge in [-0.05, 0) is 42.8 Å². The fourth-order valence-corrected chi connectivity index (χ4v) is 7.79. The summed E-state index contributed by atoms with van der Waals surface area (Å²) < 4.78 is 33.3. The molecule has 0 N–H and O–H groups in total. The van der Waals surface area contributed by atoms with E-state index >= 15 is 0 Å². The predicted molar refractivity (Wildman–Crippen MR) is 161 cm³/mol. The zero-order chi connectivity index (χ0) is 29.8. The second-order valence-corrected chi connectivity index (χ2v) is 13.9. The Hall–Kier alpha value is -3.23. The maximum absolute atomic E-state index is 14.2. The standard InChI is InChI=1S/C27H24BrCl2N7O4S/c1-27(15-18-2-4-19(28)5-3-18)24(38)36(22-13-20(29)12-21(30)14-22)25-32-16-23(37(25)27)42(40,41)35-10-8-33(9-11-35)26(39)34-7-6-31-17-34/h2-7,12-14,16-17H,8-11,15H2,1H3. The molecule has 2 aromatic heterocycles. The number of anilines is 2. The first-order chi connectivity index (χ1) is 20.0. The summed E-state index contributed by atoms with van der Waals surface area (Å²) in [6, 6.07) is 11.9. The highest BCUT2D eigenvalue weighted by atomic mass is 79.9. The Labute approximate surface area is 260 Å². The largest absolute Gasteiger partial charge is 0.329 e. The van der Waals surface area contributed by atoms with Crippen molar-refractivity contribution in [2.24, 2.45) is 0 Å². The van der Waals surface area contributed by atoms with Gasteiger partial charge in [0.2, 0.25) is 5.95 Å². The number of benzene rings is 2. The van der Waals surface area contributed by atoms with Crippen LogP contribution in [0.5, 0.6) is 0 Å². The number of imidazole rings is 2. The van der Waals surface area contributed by atoms with Gasteiger partial charge in [0.25, 0.3) is 15.9 Å². The van der Waals surface area contributed by atoms with Crippen LogP contribution in [-0.2, 0) is 26.8 Å². The molecule has 0 spiro atoms. The van der Waals surface area contributed by atoms with Crippen LogP contribution in [0.4, 0.5) is 16.4 Å². The third-order valence-electron chi connectivity index (χ3n) is 7.47. The molecule has 1 saturated heterocycles. The van der Waals surface area contributed by atoms with Gasteiger partial charge in [-0.15, -0.1) is 0 Å². The molecule has 6 rings (SSSR count). The molecule has 218 valence electrons. The minimum Gasteiger partial charge on any atom is -0.321 e. The van der Waals surface area contributed by atoms with Crippen LogP contribution in [-0.4, -0.2) is 74.8 Å². The lowest BCUT2D eigenvalue weighted by molar-refractivity contribution is -0.124. The topological polar surface area (TPSA) is 114 Å². The van der Waals surface area contributed by atoms with Gasteiger partial charge in [-0.2, -0.15) is 4.31 Å². The molecule has 42 heavy (non-hydrogen) atoms. The van der Waals surface area contributed by atoms with Crippen LogP contribution in [0.15, 0.2) is 76.9 Å². The number of fused-ring (bicyclic) bond motifs is 1. The smallest absolute Gasteiger partial charge is 0.321 e. The molecule has 0 saturated carbocycles. The number of piperazine rings is 1. The average molecular weight is 693 g/mol. The second-order valence-electron chi connectivity index (χ2n) is 10.2. The second kappa shape index (κ2) is 10.8. The summed E-state index contributed by atoms with van der Waals surface area (Å²) >= 11 is 16.0. The van der Waals surface area contributed by atoms with Gasteiger partial charge in [-0.3, -0.25) is 13.9 Å². The Morgan fingerprint density at radius 1 is 1.05 bits per heavy atom. The number of aromatic nitrogens is 4. The van der Waals surface area contributed by atoms with Gasteiger partial charge in [0.1, 0.15) is 11.9 Å². The number of sulfonamides is 1. The first-order valence-corrected chi connectivity index (χ1v) is 15.9. The third kappa shape index (κ3) is 4.92. The summed E-state index contributed by atoms with van der Waals surface area (Å²) in [5.41, 5.74) is -0.148. The number of hydrogen-bond acceptors (Lipinski definition) is 6. The van der Waals surface area contributed by atoms with Gasteiger partial charge >= 0.3 is 6.03 Å². The van der Waals surface area contributed by atoms with E-state index in [1.165, 1.54) is 37.1 Å². The highest BCUT2D eigenvalue weighted by Gasteiger charge is 2.52. The number of nitrogens with zero attached hydrogens (tertiary/aromatic N) is 7. The van der Waals surface area contributed by atoms with E-state index in [2.05, 4.69) is 25.9 Å². The molecular weight excluding hydrogens is 669 g/mol. The molecule has 0 aliphatic carbocycles. The fraction of sp³-hybridized carbons (Fsp3) is 0.259. The molecule has 2 amide bonds. The van der Waals surface area contributed by atoms with Gasteiger partial charge in [-0.25, -0.2) is 28.1 Å². The van der Waals surface area contributed by atoms with Crippen LogP contribution >= 0.6 is 39.1 Å². The van der Waals surface area contributed by atoms with Crippen LogP contribution in [0.2, 0.25) is 10.0 Å². The first-order valence-electron chi connectivity index (χ1n) is 12.9. The number of halogens is 3. The molecule has 15 heteroatoms. The van der Waals surface area contributed by atoms with Gasteiger partial charge in [-0.1, -0.05) is 51.3 Å². The molecule has 1 atom stereocenters. The molecule has 11 nitrogen and oxygen atoms in total. The monoisotopic (exact) mass is 691 g/mol. The maximum atomic E-state index is 14.2. The van der Waals surface area contributed by atoms with Crippen LogP contribution in [0, 0.1) is 0 Å². The molecule has 4 heterocycles. The lowest BCUT2D eigenvalue weighted by Crippen LogP contribution is -2.52. The first kappa shape index (κ1) is 28.9. The van der Waals surface area contributed by atoms with Crippen LogP contribution in [0.3, 0.4) is 0 Å². The van der Waals surface area contributed by atoms with E-state index in [0.717, 1.165) is 10.0 Å². The highest BCUT2D eigenvalue weighted by molar-refractivity contribution is 9.10. The van der Waals surface area contributed by atoms with Gasteiger partial charge in [0.15, 0.2) is 5.03 Å². The molecule has 1 unspecified atom stereocenters. The van der Waals surface area contributed by atoms with Crippen molar-refractivity contribution in [3.8, 4) is 0 Å². The van der Waals surface area contributed by atoms with Crippen molar-refractivity contribution in [1.29, 1.82) is 0 Å². The van der Waals surface area contributed by atoms with Crippen LogP contribution in [0.1, 0.15) is 12.5 Å². The summed E-state index contributed by atoms with van der Waals surface area (Å²) in [4.78, 5) is 38.2. The minimum absolute atomic E-state index is 0.0777. The number of amides is 2. The molecule has 2 aliphatic rings. The molecule has 4 aromatic rings. The SMILES string of the molecule is CC1(Cc2ccc(Br)cc2)C(=O)N(c2cc(Cl)cc(Cl)c2)c2ncc(S(=O)(=O)N3CCN(C(=O)n4ccnc4)CC3)n21. The number of carbonyl (C=O) groups excluding carboxylic acids is 2. The summed E-state index contributed by atoms with van der Waals surface area (Å²) in [5, 5.41) is 0.525. The van der Waals surface area contributed by atoms with Crippen molar-refractivity contribution in [2.45, 2.75) is 23.9 Å². The molecule has 2 aliphatic heterocycles. The van der Waals surface area contributed by atoms with Crippen molar-refractivity contribution < 1.29 is 18.0 Å². The Morgan fingerprint density at radius 2 is 1.71 bits per heavy atom. The van der Waals surface area contributed by atoms with Crippen LogP contribution < -0.4 is 4.90 Å². The lowest BCUT2D eigenvalue weighted by atomic mass is 9.92. The highest BCUT2D eigenvalue weighted by Crippen LogP contribution is 2.45. The van der Waals surface area contributed by atoms with E-state index in [1.807, 2.05) is 24.3 Å². The van der Waals surface area contributed by atoms with Crippen LogP contribution in [0.25, 0.3) is 0 Å². The van der Waals surface area contributed by atoms with Crippen molar-refractivity contribution >= 4 is 72.7 Å². The summed E-state index contributed by atoms with van der Waals surface area (Å²) in [6.07, 6.45) is 5.93. The van der Waals surface area contributed by atoms with E-state index in [4.69, 9.17) is 23.2 Å². The van der Waals surface area contributed by atoms with Gasteiger partial charge < -0.3 is 4.90 Å². The number of rotatable bonds is 5.